The molecule has 3 heteroatoms. The summed E-state index contributed by atoms with van der Waals surface area (Å²) >= 11 is 0. The molecule has 0 aliphatic carbocycles. The highest BCUT2D eigenvalue weighted by molar-refractivity contribution is 6.94. The van der Waals surface area contributed by atoms with Crippen LogP contribution in [0.3, 0.4) is 0 Å². The molecular formula is C18H18BNO. The summed E-state index contributed by atoms with van der Waals surface area (Å²) in [6.45, 7) is 2.27. The summed E-state index contributed by atoms with van der Waals surface area (Å²) in [5.74, 6) is 5.63. The molecular weight excluding hydrogens is 257 g/mol. The molecule has 5 rings (SSSR count). The number of methoxy groups -OCH3 is 1. The molecule has 4 heterocycles. The van der Waals surface area contributed by atoms with Crippen molar-refractivity contribution in [3.63, 3.8) is 0 Å². The molecule has 0 saturated carbocycles. The summed E-state index contributed by atoms with van der Waals surface area (Å²) in [6.07, 6.45) is 7.89. The third-order valence-corrected chi connectivity index (χ3v) is 5.06. The lowest BCUT2D eigenvalue weighted by atomic mass is 9.25. The van der Waals surface area contributed by atoms with Gasteiger partial charge in [0.15, 0.2) is 0 Å². The Bertz CT molecular complexity index is 747. The number of hydrogen-bond acceptors (Lipinski definition) is 1. The molecule has 21 heavy (non-hydrogen) atoms. The minimum absolute atomic E-state index is 0.0348. The van der Waals surface area contributed by atoms with E-state index in [1.54, 1.807) is 7.11 Å². The maximum Gasteiger partial charge on any atom is 0.346 e. The molecule has 0 amide bonds. The Morgan fingerprint density at radius 1 is 1.00 bits per heavy atom. The second-order valence-electron chi connectivity index (χ2n) is 6.23. The van der Waals surface area contributed by atoms with Crippen molar-refractivity contribution in [1.82, 2.24) is 0 Å². The van der Waals surface area contributed by atoms with Gasteiger partial charge in [0, 0.05) is 17.5 Å². The molecule has 2 bridgehead atoms. The van der Waals surface area contributed by atoms with E-state index in [1.165, 1.54) is 11.0 Å². The molecule has 0 N–H and O–H groups in total. The summed E-state index contributed by atoms with van der Waals surface area (Å²) in [4.78, 5) is 0. The summed E-state index contributed by atoms with van der Waals surface area (Å²) in [6, 6.07) is 12.8. The number of pyridine rings is 1. The number of rotatable bonds is 2. The van der Waals surface area contributed by atoms with Gasteiger partial charge < -0.3 is 9.21 Å². The molecule has 0 radical (unpaired) electrons. The normalized spacial score (nSPS) is 28.5. The fourth-order valence-corrected chi connectivity index (χ4v) is 3.80. The van der Waals surface area contributed by atoms with Gasteiger partial charge in [0.1, 0.15) is 18.1 Å². The molecule has 3 aliphatic heterocycles. The van der Waals surface area contributed by atoms with Crippen molar-refractivity contribution in [3.05, 3.63) is 78.5 Å². The van der Waals surface area contributed by atoms with Crippen molar-refractivity contribution in [2.45, 2.75) is 12.3 Å². The van der Waals surface area contributed by atoms with Gasteiger partial charge in [-0.05, 0) is 6.92 Å². The molecule has 0 atom stereocenters. The van der Waals surface area contributed by atoms with Gasteiger partial charge in [-0.2, -0.15) is 12.0 Å². The third kappa shape index (κ3) is 1.57. The maximum absolute atomic E-state index is 5.28. The van der Waals surface area contributed by atoms with Gasteiger partial charge in [-0.3, -0.25) is 0 Å². The summed E-state index contributed by atoms with van der Waals surface area (Å²) in [5.41, 5.74) is 2.87. The highest BCUT2D eigenvalue weighted by atomic mass is 16.5. The second kappa shape index (κ2) is 4.11. The first-order valence-corrected chi connectivity index (χ1v) is 7.41. The standard InChI is InChI=1S/C18H18BNO/c1-18-9-11-19(12-10-18,17-6-4-3-5-16(17)18)20-13-7-15(21-2)8-14-20/h3-14H,1-2H3. The maximum atomic E-state index is 5.28. The fourth-order valence-electron chi connectivity index (χ4n) is 3.80. The van der Waals surface area contributed by atoms with Crippen LogP contribution in [-0.2, 0) is 5.41 Å². The van der Waals surface area contributed by atoms with Gasteiger partial charge >= 0.3 is 6.28 Å². The number of allylic oxidation sites excluding steroid dienone is 2. The van der Waals surface area contributed by atoms with E-state index in [-0.39, 0.29) is 5.41 Å². The van der Waals surface area contributed by atoms with E-state index in [9.17, 15) is 0 Å². The van der Waals surface area contributed by atoms with Crippen LogP contribution in [0.5, 0.6) is 5.75 Å². The molecule has 0 fully saturated rings. The van der Waals surface area contributed by atoms with Crippen LogP contribution in [0, 0.1) is 0 Å². The average molecular weight is 275 g/mol. The van der Waals surface area contributed by atoms with Crippen molar-refractivity contribution >= 4 is 11.7 Å². The Morgan fingerprint density at radius 2 is 1.67 bits per heavy atom. The van der Waals surface area contributed by atoms with Crippen molar-refractivity contribution in [3.8, 4) is 5.75 Å². The van der Waals surface area contributed by atoms with Crippen LogP contribution in [0.4, 0.5) is 0 Å². The first kappa shape index (κ1) is 12.5. The SMILES string of the molecule is COc1cc[n+]([B-]23C=CC(C)(C=C2)c2ccccc23)cc1. The van der Waals surface area contributed by atoms with Crippen LogP contribution in [0.2, 0.25) is 0 Å². The molecule has 3 aliphatic rings. The van der Waals surface area contributed by atoms with E-state index in [0.29, 0.717) is 0 Å². The monoisotopic (exact) mass is 275 g/mol. The molecule has 2 aromatic rings. The van der Waals surface area contributed by atoms with E-state index in [0.717, 1.165) is 5.75 Å². The highest BCUT2D eigenvalue weighted by Crippen LogP contribution is 2.36. The Hall–Kier alpha value is -2.29. The number of nitrogens with zero attached hydrogens (tertiary/aromatic N) is 1. The van der Waals surface area contributed by atoms with Crippen molar-refractivity contribution in [2.75, 3.05) is 7.11 Å². The van der Waals surface area contributed by atoms with Gasteiger partial charge in [-0.1, -0.05) is 29.8 Å². The zero-order valence-electron chi connectivity index (χ0n) is 12.4. The molecule has 1 aromatic heterocycles. The van der Waals surface area contributed by atoms with Gasteiger partial charge in [0.25, 0.3) is 0 Å². The van der Waals surface area contributed by atoms with Gasteiger partial charge in [0.2, 0.25) is 0 Å². The van der Waals surface area contributed by atoms with Crippen molar-refractivity contribution in [1.29, 1.82) is 0 Å². The van der Waals surface area contributed by atoms with Gasteiger partial charge in [0.05, 0.1) is 7.11 Å². The molecule has 0 saturated heterocycles. The predicted octanol–water partition coefficient (Wildman–Crippen LogP) is 2.16. The largest absolute Gasteiger partial charge is 0.496 e. The van der Waals surface area contributed by atoms with E-state index >= 15 is 0 Å². The first-order valence-electron chi connectivity index (χ1n) is 7.41. The Labute approximate surface area is 125 Å². The van der Waals surface area contributed by atoms with Crippen LogP contribution in [-0.4, -0.2) is 13.4 Å². The van der Waals surface area contributed by atoms with E-state index in [2.05, 4.69) is 72.2 Å². The lowest BCUT2D eigenvalue weighted by Gasteiger charge is -2.45. The van der Waals surface area contributed by atoms with Crippen molar-refractivity contribution in [2.24, 2.45) is 0 Å². The quantitative estimate of drug-likeness (QED) is 0.765. The Kier molecular flexibility index (Phi) is 2.44. The van der Waals surface area contributed by atoms with Crippen LogP contribution in [0.15, 0.2) is 72.9 Å². The third-order valence-electron chi connectivity index (χ3n) is 5.06. The predicted molar refractivity (Wildman–Crippen MR) is 86.0 cm³/mol. The summed E-state index contributed by atoms with van der Waals surface area (Å²) in [5, 5.41) is 0. The lowest BCUT2D eigenvalue weighted by Crippen LogP contribution is -2.73. The fraction of sp³-hybridized carbons (Fsp3) is 0.167. The van der Waals surface area contributed by atoms with Gasteiger partial charge in [-0.25, -0.2) is 0 Å². The Morgan fingerprint density at radius 3 is 2.33 bits per heavy atom. The van der Waals surface area contributed by atoms with E-state index in [1.807, 2.05) is 12.1 Å². The van der Waals surface area contributed by atoms with Gasteiger partial charge in [-0.15, -0.1) is 17.6 Å². The van der Waals surface area contributed by atoms with E-state index in [4.69, 9.17) is 4.74 Å². The molecule has 0 unspecified atom stereocenters. The van der Waals surface area contributed by atoms with Crippen LogP contribution < -0.4 is 14.7 Å². The molecule has 104 valence electrons. The lowest BCUT2D eigenvalue weighted by molar-refractivity contribution is -0.540. The zero-order valence-corrected chi connectivity index (χ0v) is 12.4. The molecule has 2 nitrogen and oxygen atoms in total. The topological polar surface area (TPSA) is 13.1 Å². The number of benzene rings is 1. The second-order valence-corrected chi connectivity index (χ2v) is 6.23. The minimum atomic E-state index is -1.01. The Balaban J connectivity index is 1.94. The average Bonchev–Trinajstić information content (AvgIpc) is 2.56. The number of ether oxygens (including phenoxy) is 1. The zero-order chi connectivity index (χ0) is 14.5. The number of aromatic nitrogens is 1. The smallest absolute Gasteiger partial charge is 0.346 e. The number of hydrogen-bond donors (Lipinski definition) is 0. The van der Waals surface area contributed by atoms with E-state index < -0.39 is 6.28 Å². The van der Waals surface area contributed by atoms with Crippen LogP contribution >= 0.6 is 0 Å². The summed E-state index contributed by atoms with van der Waals surface area (Å²) in [7, 11) is 1.70. The highest BCUT2D eigenvalue weighted by Gasteiger charge is 2.45. The first-order chi connectivity index (χ1) is 10.2. The summed E-state index contributed by atoms with van der Waals surface area (Å²) < 4.78 is 7.57. The van der Waals surface area contributed by atoms with Crippen LogP contribution in [0.25, 0.3) is 0 Å². The van der Waals surface area contributed by atoms with Crippen LogP contribution in [0.1, 0.15) is 12.5 Å². The molecule has 0 spiro atoms. The minimum Gasteiger partial charge on any atom is -0.496 e. The van der Waals surface area contributed by atoms with Crippen molar-refractivity contribution < 1.29 is 9.21 Å². The molecule has 1 aromatic carbocycles.